The van der Waals surface area contributed by atoms with Gasteiger partial charge in [0.1, 0.15) is 5.69 Å². The third kappa shape index (κ3) is 2.33. The number of hydrogen-bond acceptors (Lipinski definition) is 6. The molecule has 0 saturated carbocycles. The predicted molar refractivity (Wildman–Crippen MR) is 102 cm³/mol. The van der Waals surface area contributed by atoms with E-state index < -0.39 is 5.91 Å². The Morgan fingerprint density at radius 2 is 2.07 bits per heavy atom. The van der Waals surface area contributed by atoms with Crippen LogP contribution in [0, 0.1) is 0 Å². The number of carbonyl (C=O) groups excluding carboxylic acids is 1. The second-order valence-electron chi connectivity index (χ2n) is 6.73. The lowest BCUT2D eigenvalue weighted by Gasteiger charge is -2.26. The van der Waals surface area contributed by atoms with Crippen LogP contribution < -0.4 is 10.6 Å². The molecule has 8 heteroatoms. The molecule has 27 heavy (non-hydrogen) atoms. The topological polar surface area (TPSA) is 102 Å². The van der Waals surface area contributed by atoms with Crippen LogP contribution in [0.3, 0.4) is 0 Å². The van der Waals surface area contributed by atoms with E-state index in [-0.39, 0.29) is 0 Å². The molecular formula is C19H17N7O. The highest BCUT2D eigenvalue weighted by molar-refractivity contribution is 6.05. The number of aromatic nitrogens is 5. The van der Waals surface area contributed by atoms with Gasteiger partial charge in [-0.1, -0.05) is 18.2 Å². The number of benzene rings is 1. The first kappa shape index (κ1) is 15.7. The molecule has 8 nitrogen and oxygen atoms in total. The molecule has 0 atom stereocenters. The van der Waals surface area contributed by atoms with Crippen LogP contribution in [0.2, 0.25) is 0 Å². The Morgan fingerprint density at radius 1 is 1.19 bits per heavy atom. The van der Waals surface area contributed by atoms with Gasteiger partial charge in [0.05, 0.1) is 23.0 Å². The zero-order valence-corrected chi connectivity index (χ0v) is 14.8. The van der Waals surface area contributed by atoms with E-state index >= 15 is 0 Å². The summed E-state index contributed by atoms with van der Waals surface area (Å²) in [6.45, 7) is 1.01. The Bertz CT molecular complexity index is 1210. The summed E-state index contributed by atoms with van der Waals surface area (Å²) in [6, 6.07) is 9.12. The first-order valence-corrected chi connectivity index (χ1v) is 8.78. The van der Waals surface area contributed by atoms with Crippen LogP contribution in [-0.2, 0) is 6.42 Å². The van der Waals surface area contributed by atoms with Crippen molar-refractivity contribution < 1.29 is 4.79 Å². The van der Waals surface area contributed by atoms with E-state index in [9.17, 15) is 4.79 Å². The molecule has 0 saturated heterocycles. The highest BCUT2D eigenvalue weighted by atomic mass is 16.1. The van der Waals surface area contributed by atoms with Gasteiger partial charge in [0.25, 0.3) is 5.91 Å². The summed E-state index contributed by atoms with van der Waals surface area (Å²) in [7, 11) is 2.06. The minimum Gasteiger partial charge on any atom is -0.373 e. The minimum atomic E-state index is -0.508. The van der Waals surface area contributed by atoms with Gasteiger partial charge in [-0.3, -0.25) is 4.79 Å². The monoisotopic (exact) mass is 359 g/mol. The predicted octanol–water partition coefficient (Wildman–Crippen LogP) is 1.82. The Balaban J connectivity index is 1.72. The van der Waals surface area contributed by atoms with Gasteiger partial charge in [0.2, 0.25) is 5.82 Å². The normalized spacial score (nSPS) is 13.9. The lowest BCUT2D eigenvalue weighted by Crippen LogP contribution is -2.25. The molecule has 0 spiro atoms. The number of nitrogens with two attached hydrogens (primary N) is 1. The van der Waals surface area contributed by atoms with Crippen LogP contribution in [0.15, 0.2) is 36.5 Å². The Kier molecular flexibility index (Phi) is 3.33. The maximum Gasteiger partial charge on any atom is 0.250 e. The molecule has 0 radical (unpaired) electrons. The molecular weight excluding hydrogens is 342 g/mol. The largest absolute Gasteiger partial charge is 0.373 e. The van der Waals surface area contributed by atoms with E-state index in [1.54, 1.807) is 16.6 Å². The van der Waals surface area contributed by atoms with Gasteiger partial charge in [-0.2, -0.15) is 9.61 Å². The molecule has 1 aliphatic heterocycles. The summed E-state index contributed by atoms with van der Waals surface area (Å²) >= 11 is 0. The number of primary amides is 1. The van der Waals surface area contributed by atoms with Gasteiger partial charge in [-0.05, 0) is 25.0 Å². The van der Waals surface area contributed by atoms with Crippen molar-refractivity contribution in [1.82, 2.24) is 24.8 Å². The number of para-hydroxylation sites is 1. The third-order valence-electron chi connectivity index (χ3n) is 5.06. The number of aryl methyl sites for hydroxylation is 1. The molecule has 1 aromatic carbocycles. The number of hydrogen-bond donors (Lipinski definition) is 1. The van der Waals surface area contributed by atoms with Crippen LogP contribution in [0.1, 0.15) is 22.3 Å². The van der Waals surface area contributed by atoms with E-state index in [1.165, 1.54) is 0 Å². The van der Waals surface area contributed by atoms with E-state index in [1.807, 2.05) is 24.4 Å². The number of pyridine rings is 1. The van der Waals surface area contributed by atoms with Crippen molar-refractivity contribution in [1.29, 1.82) is 0 Å². The summed E-state index contributed by atoms with van der Waals surface area (Å²) in [5.74, 6) is 0.0359. The molecule has 4 heterocycles. The van der Waals surface area contributed by atoms with E-state index in [2.05, 4.69) is 32.2 Å². The van der Waals surface area contributed by atoms with Gasteiger partial charge in [0, 0.05) is 24.5 Å². The average Bonchev–Trinajstić information content (AvgIpc) is 3.12. The SMILES string of the molecule is CN1CCCc2c1cnn1c(-c3ccc4cccc(C(N)=O)c4n3)nnc21. The molecule has 1 aliphatic rings. The summed E-state index contributed by atoms with van der Waals surface area (Å²) in [5, 5.41) is 14.1. The van der Waals surface area contributed by atoms with Crippen LogP contribution in [0.5, 0.6) is 0 Å². The van der Waals surface area contributed by atoms with E-state index in [0.717, 1.165) is 41.7 Å². The number of amides is 1. The third-order valence-corrected chi connectivity index (χ3v) is 5.06. The fourth-order valence-corrected chi connectivity index (χ4v) is 3.69. The van der Waals surface area contributed by atoms with Crippen LogP contribution >= 0.6 is 0 Å². The Labute approximate surface area is 154 Å². The van der Waals surface area contributed by atoms with Crippen molar-refractivity contribution in [3.8, 4) is 11.5 Å². The molecule has 0 aliphatic carbocycles. The maximum atomic E-state index is 11.7. The quantitative estimate of drug-likeness (QED) is 0.586. The first-order valence-electron chi connectivity index (χ1n) is 8.78. The lowest BCUT2D eigenvalue weighted by molar-refractivity contribution is 0.100. The van der Waals surface area contributed by atoms with Crippen molar-refractivity contribution >= 4 is 28.1 Å². The smallest absolute Gasteiger partial charge is 0.250 e. The van der Waals surface area contributed by atoms with Crippen LogP contribution in [0.25, 0.3) is 28.1 Å². The number of anilines is 1. The molecule has 4 aromatic rings. The van der Waals surface area contributed by atoms with E-state index in [0.29, 0.717) is 22.6 Å². The number of rotatable bonds is 2. The molecule has 0 bridgehead atoms. The number of fused-ring (bicyclic) bond motifs is 4. The highest BCUT2D eigenvalue weighted by Gasteiger charge is 2.21. The fourth-order valence-electron chi connectivity index (χ4n) is 3.69. The zero-order valence-electron chi connectivity index (χ0n) is 14.8. The Morgan fingerprint density at radius 3 is 2.93 bits per heavy atom. The molecule has 3 aromatic heterocycles. The second kappa shape index (κ2) is 5.73. The minimum absolute atomic E-state index is 0.384. The van der Waals surface area contributed by atoms with Crippen molar-refractivity contribution in [3.05, 3.63) is 47.7 Å². The molecule has 0 fully saturated rings. The van der Waals surface area contributed by atoms with Gasteiger partial charge >= 0.3 is 0 Å². The highest BCUT2D eigenvalue weighted by Crippen LogP contribution is 2.29. The van der Waals surface area contributed by atoms with Crippen LogP contribution in [0.4, 0.5) is 5.69 Å². The molecule has 134 valence electrons. The standard InChI is InChI=1S/C19H17N7O/c1-25-9-3-6-12-15(25)10-21-26-18(12)23-24-19(26)14-8-7-11-4-2-5-13(17(20)27)16(11)22-14/h2,4-5,7-8,10H,3,6,9H2,1H3,(H2,20,27). The summed E-state index contributed by atoms with van der Waals surface area (Å²) < 4.78 is 1.72. The molecule has 5 rings (SSSR count). The number of carbonyl (C=O) groups is 1. The number of nitrogens with zero attached hydrogens (tertiary/aromatic N) is 6. The summed E-state index contributed by atoms with van der Waals surface area (Å²) in [4.78, 5) is 18.6. The summed E-state index contributed by atoms with van der Waals surface area (Å²) in [6.07, 6.45) is 3.87. The lowest BCUT2D eigenvalue weighted by atomic mass is 10.1. The fraction of sp³-hybridized carbons (Fsp3) is 0.211. The second-order valence-corrected chi connectivity index (χ2v) is 6.73. The molecule has 0 unspecified atom stereocenters. The summed E-state index contributed by atoms with van der Waals surface area (Å²) in [5.41, 5.74) is 10.0. The van der Waals surface area contributed by atoms with E-state index in [4.69, 9.17) is 5.73 Å². The maximum absolute atomic E-state index is 11.7. The van der Waals surface area contributed by atoms with Crippen LogP contribution in [-0.4, -0.2) is 44.3 Å². The first-order chi connectivity index (χ1) is 13.1. The van der Waals surface area contributed by atoms with Gasteiger partial charge < -0.3 is 10.6 Å². The van der Waals surface area contributed by atoms with Gasteiger partial charge in [-0.25, -0.2) is 4.98 Å². The zero-order chi connectivity index (χ0) is 18.5. The van der Waals surface area contributed by atoms with Crippen molar-refractivity contribution in [3.63, 3.8) is 0 Å². The van der Waals surface area contributed by atoms with Gasteiger partial charge in [0.15, 0.2) is 5.65 Å². The average molecular weight is 359 g/mol. The van der Waals surface area contributed by atoms with Crippen molar-refractivity contribution in [2.24, 2.45) is 5.73 Å². The molecule has 2 N–H and O–H groups in total. The molecule has 1 amide bonds. The van der Waals surface area contributed by atoms with Crippen molar-refractivity contribution in [2.75, 3.05) is 18.5 Å². The Hall–Kier alpha value is -3.55. The van der Waals surface area contributed by atoms with Gasteiger partial charge in [-0.15, -0.1) is 10.2 Å². The van der Waals surface area contributed by atoms with Crippen molar-refractivity contribution in [2.45, 2.75) is 12.8 Å².